The van der Waals surface area contributed by atoms with Gasteiger partial charge in [-0.3, -0.25) is 9.59 Å². The zero-order valence-corrected chi connectivity index (χ0v) is 19.1. The number of aryl methyl sites for hydroxylation is 1. The molecule has 0 aliphatic heterocycles. The first-order valence-corrected chi connectivity index (χ1v) is 11.7. The molecule has 0 saturated heterocycles. The van der Waals surface area contributed by atoms with Crippen LogP contribution in [0, 0.1) is 6.92 Å². The Morgan fingerprint density at radius 1 is 0.909 bits per heavy atom. The van der Waals surface area contributed by atoms with Crippen LogP contribution in [0.25, 0.3) is 10.6 Å². The molecule has 166 valence electrons. The van der Waals surface area contributed by atoms with Gasteiger partial charge in [0.1, 0.15) is 11.0 Å². The van der Waals surface area contributed by atoms with Crippen LogP contribution in [0.2, 0.25) is 0 Å². The van der Waals surface area contributed by atoms with Crippen LogP contribution in [0.3, 0.4) is 0 Å². The molecule has 1 heterocycles. The van der Waals surface area contributed by atoms with Gasteiger partial charge in [-0.25, -0.2) is 4.98 Å². The molecular weight excluding hydrogens is 430 g/mol. The van der Waals surface area contributed by atoms with Crippen LogP contribution in [-0.4, -0.2) is 23.3 Å². The Kier molecular flexibility index (Phi) is 7.27. The van der Waals surface area contributed by atoms with E-state index in [4.69, 9.17) is 4.98 Å². The fourth-order valence-corrected chi connectivity index (χ4v) is 4.28. The van der Waals surface area contributed by atoms with E-state index in [-0.39, 0.29) is 11.8 Å². The number of carbonyl (C=O) groups excluding carboxylic acids is 2. The molecule has 4 aromatic rings. The fraction of sp³-hybridized carbons (Fsp3) is 0.148. The Morgan fingerprint density at radius 3 is 2.27 bits per heavy atom. The van der Waals surface area contributed by atoms with Crippen molar-refractivity contribution in [1.29, 1.82) is 0 Å². The Hall–Kier alpha value is -3.77. The molecule has 0 aliphatic rings. The maximum atomic E-state index is 13.0. The van der Waals surface area contributed by atoms with E-state index in [2.05, 4.69) is 41.8 Å². The second kappa shape index (κ2) is 10.7. The van der Waals surface area contributed by atoms with Gasteiger partial charge in [0.15, 0.2) is 0 Å². The molecule has 6 heteroatoms. The van der Waals surface area contributed by atoms with Crippen molar-refractivity contribution in [2.75, 3.05) is 6.54 Å². The predicted octanol–water partition coefficient (Wildman–Crippen LogP) is 4.95. The van der Waals surface area contributed by atoms with Gasteiger partial charge in [-0.05, 0) is 24.6 Å². The molecule has 5 nitrogen and oxygen atoms in total. The van der Waals surface area contributed by atoms with Crippen molar-refractivity contribution in [3.05, 3.63) is 113 Å². The average molecular weight is 456 g/mol. The summed E-state index contributed by atoms with van der Waals surface area (Å²) in [6.07, 6.45) is 0.613. The van der Waals surface area contributed by atoms with Gasteiger partial charge in [0.05, 0.1) is 5.69 Å². The second-order valence-corrected chi connectivity index (χ2v) is 8.59. The minimum Gasteiger partial charge on any atom is -0.354 e. The number of rotatable bonds is 8. The van der Waals surface area contributed by atoms with Gasteiger partial charge in [-0.15, -0.1) is 11.3 Å². The lowest BCUT2D eigenvalue weighted by atomic mass is 10.1. The van der Waals surface area contributed by atoms with Gasteiger partial charge < -0.3 is 10.6 Å². The lowest BCUT2D eigenvalue weighted by molar-refractivity contribution is -0.123. The lowest BCUT2D eigenvalue weighted by Crippen LogP contribution is -2.41. The van der Waals surface area contributed by atoms with E-state index in [0.29, 0.717) is 18.5 Å². The summed E-state index contributed by atoms with van der Waals surface area (Å²) in [4.78, 5) is 30.4. The van der Waals surface area contributed by atoms with Crippen molar-refractivity contribution in [1.82, 2.24) is 15.6 Å². The zero-order chi connectivity index (χ0) is 23.0. The number of amides is 2. The predicted molar refractivity (Wildman–Crippen MR) is 132 cm³/mol. The minimum absolute atomic E-state index is 0.250. The van der Waals surface area contributed by atoms with E-state index < -0.39 is 6.04 Å². The number of hydrogen-bond donors (Lipinski definition) is 2. The van der Waals surface area contributed by atoms with Crippen LogP contribution in [0.1, 0.15) is 33.2 Å². The maximum absolute atomic E-state index is 13.0. The first kappa shape index (κ1) is 22.4. The molecule has 0 spiro atoms. The standard InChI is InChI=1S/C27H25N3O2S/c1-19-12-14-22(15-13-19)27-29-23(18-33-27)16-17-28-26(32)24(20-8-4-2-5-9-20)30-25(31)21-10-6-3-7-11-21/h2-15,18,24H,16-17H2,1H3,(H,28,32)(H,30,31). The smallest absolute Gasteiger partial charge is 0.252 e. The summed E-state index contributed by atoms with van der Waals surface area (Å²) in [5.41, 5.74) is 4.48. The summed E-state index contributed by atoms with van der Waals surface area (Å²) < 4.78 is 0. The van der Waals surface area contributed by atoms with Crippen LogP contribution >= 0.6 is 11.3 Å². The molecule has 0 radical (unpaired) electrons. The highest BCUT2D eigenvalue weighted by Crippen LogP contribution is 2.24. The summed E-state index contributed by atoms with van der Waals surface area (Å²) >= 11 is 1.60. The summed E-state index contributed by atoms with van der Waals surface area (Å²) in [5, 5.41) is 8.80. The van der Waals surface area contributed by atoms with Gasteiger partial charge in [0.2, 0.25) is 5.91 Å². The van der Waals surface area contributed by atoms with E-state index >= 15 is 0 Å². The van der Waals surface area contributed by atoms with E-state index in [9.17, 15) is 9.59 Å². The molecule has 2 N–H and O–H groups in total. The van der Waals surface area contributed by atoms with Gasteiger partial charge in [-0.2, -0.15) is 0 Å². The summed E-state index contributed by atoms with van der Waals surface area (Å²) in [6.45, 7) is 2.49. The fourth-order valence-electron chi connectivity index (χ4n) is 3.42. The largest absolute Gasteiger partial charge is 0.354 e. The van der Waals surface area contributed by atoms with Crippen LogP contribution < -0.4 is 10.6 Å². The molecule has 1 unspecified atom stereocenters. The monoisotopic (exact) mass is 455 g/mol. The highest BCUT2D eigenvalue weighted by Gasteiger charge is 2.23. The topological polar surface area (TPSA) is 71.1 Å². The van der Waals surface area contributed by atoms with Crippen LogP contribution in [0.5, 0.6) is 0 Å². The first-order valence-electron chi connectivity index (χ1n) is 10.8. The molecular formula is C27H25N3O2S. The highest BCUT2D eigenvalue weighted by molar-refractivity contribution is 7.13. The Morgan fingerprint density at radius 2 is 1.58 bits per heavy atom. The first-order chi connectivity index (χ1) is 16.1. The molecule has 0 aliphatic carbocycles. The average Bonchev–Trinajstić information content (AvgIpc) is 3.32. The number of aromatic nitrogens is 1. The number of nitrogens with zero attached hydrogens (tertiary/aromatic N) is 1. The Balaban J connectivity index is 1.39. The summed E-state index contributed by atoms with van der Waals surface area (Å²) in [7, 11) is 0. The van der Waals surface area contributed by atoms with Crippen molar-refractivity contribution in [2.24, 2.45) is 0 Å². The quantitative estimate of drug-likeness (QED) is 0.395. The molecule has 1 aromatic heterocycles. The number of nitrogens with one attached hydrogen (secondary N) is 2. The second-order valence-electron chi connectivity index (χ2n) is 7.73. The SMILES string of the molecule is Cc1ccc(-c2nc(CCNC(=O)C(NC(=O)c3ccccc3)c3ccccc3)cs2)cc1. The zero-order valence-electron chi connectivity index (χ0n) is 18.3. The molecule has 4 rings (SSSR count). The Labute approximate surface area is 197 Å². The Bertz CT molecular complexity index is 1210. The van der Waals surface area contributed by atoms with E-state index in [1.165, 1.54) is 5.56 Å². The summed E-state index contributed by atoms with van der Waals surface area (Å²) in [5.74, 6) is -0.540. The maximum Gasteiger partial charge on any atom is 0.252 e. The molecule has 2 amide bonds. The third kappa shape index (κ3) is 5.93. The number of hydrogen-bond acceptors (Lipinski definition) is 4. The van der Waals surface area contributed by atoms with E-state index in [1.54, 1.807) is 35.6 Å². The van der Waals surface area contributed by atoms with Crippen molar-refractivity contribution in [3.8, 4) is 10.6 Å². The molecule has 0 bridgehead atoms. The lowest BCUT2D eigenvalue weighted by Gasteiger charge is -2.19. The van der Waals surface area contributed by atoms with E-state index in [0.717, 1.165) is 21.8 Å². The van der Waals surface area contributed by atoms with Crippen molar-refractivity contribution in [2.45, 2.75) is 19.4 Å². The molecule has 1 atom stereocenters. The van der Waals surface area contributed by atoms with Crippen LogP contribution in [-0.2, 0) is 11.2 Å². The molecule has 0 fully saturated rings. The third-order valence-electron chi connectivity index (χ3n) is 5.24. The molecule has 0 saturated carbocycles. The normalized spacial score (nSPS) is 11.5. The van der Waals surface area contributed by atoms with Crippen LogP contribution in [0.4, 0.5) is 0 Å². The van der Waals surface area contributed by atoms with Crippen molar-refractivity contribution in [3.63, 3.8) is 0 Å². The highest BCUT2D eigenvalue weighted by atomic mass is 32.1. The number of thiazole rings is 1. The van der Waals surface area contributed by atoms with Crippen molar-refractivity contribution >= 4 is 23.2 Å². The summed E-state index contributed by atoms with van der Waals surface area (Å²) in [6, 6.07) is 25.7. The van der Waals surface area contributed by atoms with Gasteiger partial charge >= 0.3 is 0 Å². The number of carbonyl (C=O) groups is 2. The van der Waals surface area contributed by atoms with Gasteiger partial charge in [0.25, 0.3) is 5.91 Å². The van der Waals surface area contributed by atoms with Crippen molar-refractivity contribution < 1.29 is 9.59 Å². The van der Waals surface area contributed by atoms with Gasteiger partial charge in [0, 0.05) is 29.5 Å². The number of benzene rings is 3. The minimum atomic E-state index is -0.780. The molecule has 33 heavy (non-hydrogen) atoms. The van der Waals surface area contributed by atoms with E-state index in [1.807, 2.05) is 41.8 Å². The van der Waals surface area contributed by atoms with Gasteiger partial charge in [-0.1, -0.05) is 78.4 Å². The van der Waals surface area contributed by atoms with Crippen LogP contribution in [0.15, 0.2) is 90.3 Å². The third-order valence-corrected chi connectivity index (χ3v) is 6.18. The molecule has 3 aromatic carbocycles.